The van der Waals surface area contributed by atoms with Crippen LogP contribution in [0.2, 0.25) is 0 Å². The summed E-state index contributed by atoms with van der Waals surface area (Å²) in [4.78, 5) is 0. The van der Waals surface area contributed by atoms with Crippen LogP contribution in [-0.4, -0.2) is 26.9 Å². The van der Waals surface area contributed by atoms with Gasteiger partial charge in [0, 0.05) is 12.5 Å². The van der Waals surface area contributed by atoms with Gasteiger partial charge in [0.1, 0.15) is 0 Å². The number of rotatable bonds is 3. The van der Waals surface area contributed by atoms with Crippen molar-refractivity contribution in [2.24, 2.45) is 11.1 Å². The van der Waals surface area contributed by atoms with Crippen LogP contribution < -0.4 is 5.14 Å². The number of primary sulfonamides is 1. The molecule has 19 heavy (non-hydrogen) atoms. The van der Waals surface area contributed by atoms with E-state index < -0.39 is 15.3 Å². The normalized spacial score (nSPS) is 23.8. The van der Waals surface area contributed by atoms with E-state index in [0.29, 0.717) is 31.6 Å². The summed E-state index contributed by atoms with van der Waals surface area (Å²) in [5, 5.41) is 13.5. The summed E-state index contributed by atoms with van der Waals surface area (Å²) in [6.45, 7) is 0.839. The summed E-state index contributed by atoms with van der Waals surface area (Å²) in [5.41, 5.74) is 1.58. The largest absolute Gasteiger partial charge is 0.381 e. The van der Waals surface area contributed by atoms with Gasteiger partial charge in [0.25, 0.3) is 0 Å². The maximum Gasteiger partial charge on any atom is 0.212 e. The molecule has 102 valence electrons. The van der Waals surface area contributed by atoms with Gasteiger partial charge >= 0.3 is 0 Å². The van der Waals surface area contributed by atoms with Gasteiger partial charge in [-0.05, 0) is 30.5 Å². The third-order valence-electron chi connectivity index (χ3n) is 3.41. The number of nitrogens with two attached hydrogens (primary N) is 1. The molecular formula is C13H16N2O3S. The van der Waals surface area contributed by atoms with Gasteiger partial charge in [0.15, 0.2) is 0 Å². The Balaban J connectivity index is 2.13. The van der Waals surface area contributed by atoms with Crippen molar-refractivity contribution < 1.29 is 13.2 Å². The maximum absolute atomic E-state index is 11.6. The summed E-state index contributed by atoms with van der Waals surface area (Å²) in [5.74, 6) is -0.128. The van der Waals surface area contributed by atoms with E-state index in [1.807, 2.05) is 12.1 Å². The van der Waals surface area contributed by atoms with E-state index in [2.05, 4.69) is 6.07 Å². The third kappa shape index (κ3) is 3.53. The number of nitrogens with zero attached hydrogens (tertiary/aromatic N) is 1. The molecule has 0 unspecified atom stereocenters. The molecule has 6 heteroatoms. The first-order valence-corrected chi connectivity index (χ1v) is 7.70. The minimum absolute atomic E-state index is 0.128. The first-order chi connectivity index (χ1) is 9.00. The van der Waals surface area contributed by atoms with Crippen molar-refractivity contribution in [2.75, 3.05) is 13.2 Å². The van der Waals surface area contributed by atoms with Crippen molar-refractivity contribution in [2.45, 2.75) is 18.1 Å². The number of ether oxygens (including phenoxy) is 1. The van der Waals surface area contributed by atoms with Gasteiger partial charge in [-0.15, -0.1) is 0 Å². The highest BCUT2D eigenvalue weighted by atomic mass is 32.2. The molecule has 2 atom stereocenters. The van der Waals surface area contributed by atoms with E-state index in [-0.39, 0.29) is 5.92 Å². The van der Waals surface area contributed by atoms with Crippen LogP contribution in [0.5, 0.6) is 0 Å². The number of nitriles is 1. The van der Waals surface area contributed by atoms with Gasteiger partial charge in [-0.1, -0.05) is 12.1 Å². The fraction of sp³-hybridized carbons (Fsp3) is 0.462. The molecular weight excluding hydrogens is 264 g/mol. The third-order valence-corrected chi connectivity index (χ3v) is 4.87. The predicted molar refractivity (Wildman–Crippen MR) is 70.7 cm³/mol. The van der Waals surface area contributed by atoms with Crippen LogP contribution in [0.4, 0.5) is 0 Å². The standard InChI is InChI=1S/C13H16N2O3S/c14-8-11-3-1-10(2-4-11)7-12-9-18-6-5-13(12)19(15,16)17/h1-4,12-13H,5-7,9H2,(H2,15,16,17)/t12-,13+/m1/s1. The Bertz CT molecular complexity index is 575. The summed E-state index contributed by atoms with van der Waals surface area (Å²) in [6.07, 6.45) is 1.03. The molecule has 0 aliphatic carbocycles. The minimum Gasteiger partial charge on any atom is -0.381 e. The SMILES string of the molecule is N#Cc1ccc(C[C@@H]2COCC[C@@H]2S(N)(=O)=O)cc1. The van der Waals surface area contributed by atoms with Crippen LogP contribution in [0.1, 0.15) is 17.5 Å². The molecule has 1 aliphatic rings. The van der Waals surface area contributed by atoms with Crippen molar-refractivity contribution in [1.82, 2.24) is 0 Å². The minimum atomic E-state index is -3.54. The molecule has 2 N–H and O–H groups in total. The zero-order chi connectivity index (χ0) is 13.9. The number of sulfonamides is 1. The van der Waals surface area contributed by atoms with Crippen LogP contribution in [-0.2, 0) is 21.2 Å². The molecule has 1 heterocycles. The Morgan fingerprint density at radius 1 is 1.37 bits per heavy atom. The maximum atomic E-state index is 11.6. The molecule has 0 spiro atoms. The fourth-order valence-electron chi connectivity index (χ4n) is 2.42. The van der Waals surface area contributed by atoms with E-state index in [4.69, 9.17) is 15.1 Å². The number of hydrogen-bond acceptors (Lipinski definition) is 4. The highest BCUT2D eigenvalue weighted by Gasteiger charge is 2.33. The van der Waals surface area contributed by atoms with Crippen molar-refractivity contribution in [3.63, 3.8) is 0 Å². The summed E-state index contributed by atoms with van der Waals surface area (Å²) in [6, 6.07) is 9.19. The molecule has 0 amide bonds. The average Bonchev–Trinajstić information content (AvgIpc) is 2.39. The van der Waals surface area contributed by atoms with Gasteiger partial charge in [0.05, 0.1) is 23.5 Å². The quantitative estimate of drug-likeness (QED) is 0.886. The van der Waals surface area contributed by atoms with Crippen LogP contribution in [0.3, 0.4) is 0 Å². The lowest BCUT2D eigenvalue weighted by Crippen LogP contribution is -2.42. The Morgan fingerprint density at radius 3 is 2.63 bits per heavy atom. The van der Waals surface area contributed by atoms with E-state index in [1.165, 1.54) is 0 Å². The monoisotopic (exact) mass is 280 g/mol. The molecule has 1 saturated heterocycles. The van der Waals surface area contributed by atoms with E-state index in [0.717, 1.165) is 5.56 Å². The molecule has 1 fully saturated rings. The van der Waals surface area contributed by atoms with Gasteiger partial charge in [0.2, 0.25) is 10.0 Å². The second kappa shape index (κ2) is 5.70. The van der Waals surface area contributed by atoms with Crippen molar-refractivity contribution in [1.29, 1.82) is 5.26 Å². The molecule has 1 aromatic carbocycles. The highest BCUT2D eigenvalue weighted by molar-refractivity contribution is 7.89. The number of hydrogen-bond donors (Lipinski definition) is 1. The van der Waals surface area contributed by atoms with Crippen LogP contribution in [0.15, 0.2) is 24.3 Å². The molecule has 0 aromatic heterocycles. The number of benzene rings is 1. The molecule has 5 nitrogen and oxygen atoms in total. The fourth-order valence-corrected chi connectivity index (χ4v) is 3.55. The molecule has 0 saturated carbocycles. The second-order valence-electron chi connectivity index (χ2n) is 4.76. The topological polar surface area (TPSA) is 93.2 Å². The first-order valence-electron chi connectivity index (χ1n) is 6.09. The molecule has 1 aromatic rings. The van der Waals surface area contributed by atoms with Crippen molar-refractivity contribution >= 4 is 10.0 Å². The second-order valence-corrected chi connectivity index (χ2v) is 6.55. The molecule has 1 aliphatic heterocycles. The predicted octanol–water partition coefficient (Wildman–Crippen LogP) is 0.794. The zero-order valence-corrected chi connectivity index (χ0v) is 11.3. The lowest BCUT2D eigenvalue weighted by Gasteiger charge is -2.29. The molecule has 0 bridgehead atoms. The van der Waals surface area contributed by atoms with E-state index >= 15 is 0 Å². The zero-order valence-electron chi connectivity index (χ0n) is 10.5. The summed E-state index contributed by atoms with van der Waals surface area (Å²) >= 11 is 0. The van der Waals surface area contributed by atoms with Gasteiger partial charge in [-0.3, -0.25) is 0 Å². The van der Waals surface area contributed by atoms with Crippen LogP contribution in [0.25, 0.3) is 0 Å². The van der Waals surface area contributed by atoms with Gasteiger partial charge < -0.3 is 4.74 Å². The Hall–Kier alpha value is -1.42. The molecule has 2 rings (SSSR count). The summed E-state index contributed by atoms with van der Waals surface area (Å²) in [7, 11) is -3.54. The molecule has 0 radical (unpaired) electrons. The smallest absolute Gasteiger partial charge is 0.212 e. The van der Waals surface area contributed by atoms with E-state index in [9.17, 15) is 8.42 Å². The summed E-state index contributed by atoms with van der Waals surface area (Å²) < 4.78 is 28.5. The Kier molecular flexibility index (Phi) is 4.20. The Morgan fingerprint density at radius 2 is 2.05 bits per heavy atom. The van der Waals surface area contributed by atoms with Gasteiger partial charge in [-0.2, -0.15) is 5.26 Å². The van der Waals surface area contributed by atoms with Crippen LogP contribution >= 0.6 is 0 Å². The van der Waals surface area contributed by atoms with E-state index in [1.54, 1.807) is 12.1 Å². The van der Waals surface area contributed by atoms with Crippen molar-refractivity contribution in [3.05, 3.63) is 35.4 Å². The van der Waals surface area contributed by atoms with Crippen molar-refractivity contribution in [3.8, 4) is 6.07 Å². The highest BCUT2D eigenvalue weighted by Crippen LogP contribution is 2.24. The average molecular weight is 280 g/mol. The Labute approximate surface area is 113 Å². The lowest BCUT2D eigenvalue weighted by atomic mass is 9.93. The van der Waals surface area contributed by atoms with Gasteiger partial charge in [-0.25, -0.2) is 13.6 Å². The first kappa shape index (κ1) is 14.0. The lowest BCUT2D eigenvalue weighted by molar-refractivity contribution is 0.0572. The van der Waals surface area contributed by atoms with Crippen LogP contribution in [0, 0.1) is 17.2 Å².